The summed E-state index contributed by atoms with van der Waals surface area (Å²) in [6.07, 6.45) is 2.94. The van der Waals surface area contributed by atoms with Crippen molar-refractivity contribution in [3.05, 3.63) is 22.4 Å². The van der Waals surface area contributed by atoms with Gasteiger partial charge in [0, 0.05) is 19.3 Å². The number of ether oxygens (including phenoxy) is 1. The van der Waals surface area contributed by atoms with Crippen LogP contribution in [0.15, 0.2) is 17.2 Å². The first-order chi connectivity index (χ1) is 8.49. The summed E-state index contributed by atoms with van der Waals surface area (Å²) in [4.78, 5) is 3.70. The van der Waals surface area contributed by atoms with Crippen LogP contribution >= 0.6 is 23.2 Å². The summed E-state index contributed by atoms with van der Waals surface area (Å²) in [7, 11) is -3.62. The number of sulfonamides is 1. The summed E-state index contributed by atoms with van der Waals surface area (Å²) < 4.78 is 31.7. The summed E-state index contributed by atoms with van der Waals surface area (Å²) in [5, 5.41) is 0.186. The minimum Gasteiger partial charge on any atom is -0.377 e. The number of pyridine rings is 1. The fourth-order valence-corrected chi connectivity index (χ4v) is 3.01. The van der Waals surface area contributed by atoms with E-state index in [9.17, 15) is 8.42 Å². The molecule has 0 unspecified atom stereocenters. The van der Waals surface area contributed by atoms with Crippen LogP contribution in [0, 0.1) is 0 Å². The maximum atomic E-state index is 11.9. The molecule has 1 aliphatic rings. The van der Waals surface area contributed by atoms with Gasteiger partial charge < -0.3 is 4.74 Å². The summed E-state index contributed by atoms with van der Waals surface area (Å²) in [6, 6.07) is 1.27. The van der Waals surface area contributed by atoms with Gasteiger partial charge in [-0.25, -0.2) is 18.1 Å². The van der Waals surface area contributed by atoms with Gasteiger partial charge >= 0.3 is 0 Å². The van der Waals surface area contributed by atoms with Gasteiger partial charge in [-0.3, -0.25) is 0 Å². The molecule has 2 heterocycles. The monoisotopic (exact) mass is 310 g/mol. The number of aromatic nitrogens is 1. The van der Waals surface area contributed by atoms with E-state index in [1.54, 1.807) is 0 Å². The number of nitrogens with zero attached hydrogens (tertiary/aromatic N) is 1. The molecule has 1 aliphatic heterocycles. The first-order valence-corrected chi connectivity index (χ1v) is 7.65. The minimum atomic E-state index is -3.62. The van der Waals surface area contributed by atoms with Gasteiger partial charge in [0.1, 0.15) is 10.0 Å². The highest BCUT2D eigenvalue weighted by Crippen LogP contribution is 2.22. The smallest absolute Gasteiger partial charge is 0.242 e. The van der Waals surface area contributed by atoms with E-state index in [-0.39, 0.29) is 27.7 Å². The van der Waals surface area contributed by atoms with Crippen molar-refractivity contribution in [2.24, 2.45) is 0 Å². The Morgan fingerprint density at radius 2 is 2.28 bits per heavy atom. The molecule has 1 saturated heterocycles. The van der Waals surface area contributed by atoms with Crippen molar-refractivity contribution in [1.29, 1.82) is 0 Å². The molecule has 2 rings (SSSR count). The molecule has 1 aromatic rings. The Balaban J connectivity index is 2.07. The summed E-state index contributed by atoms with van der Waals surface area (Å²) in [5.41, 5.74) is 0. The van der Waals surface area contributed by atoms with E-state index in [1.165, 1.54) is 12.3 Å². The van der Waals surface area contributed by atoms with Gasteiger partial charge in [0.2, 0.25) is 10.0 Å². The highest BCUT2D eigenvalue weighted by molar-refractivity contribution is 7.89. The Hall–Kier alpha value is -0.400. The standard InChI is InChI=1S/C10H12Cl2N2O3S/c11-9-4-8(6-13-10(9)12)18(15,16)14-5-7-2-1-3-17-7/h4,6-7,14H,1-3,5H2/t7-/m0/s1. The maximum absolute atomic E-state index is 11.9. The summed E-state index contributed by atoms with van der Waals surface area (Å²) >= 11 is 11.4. The third-order valence-corrected chi connectivity index (χ3v) is 4.68. The predicted molar refractivity (Wildman–Crippen MR) is 68.4 cm³/mol. The van der Waals surface area contributed by atoms with E-state index in [0.717, 1.165) is 12.8 Å². The molecule has 1 N–H and O–H groups in total. The Morgan fingerprint density at radius 3 is 2.89 bits per heavy atom. The zero-order valence-corrected chi connectivity index (χ0v) is 11.7. The largest absolute Gasteiger partial charge is 0.377 e. The molecule has 1 fully saturated rings. The number of halogens is 2. The van der Waals surface area contributed by atoms with Gasteiger partial charge in [-0.05, 0) is 18.9 Å². The second-order valence-corrected chi connectivity index (χ2v) is 6.46. The molecular weight excluding hydrogens is 299 g/mol. The Bertz CT molecular complexity index is 530. The highest BCUT2D eigenvalue weighted by Gasteiger charge is 2.21. The van der Waals surface area contributed by atoms with Crippen LogP contribution in [0.5, 0.6) is 0 Å². The molecule has 8 heteroatoms. The number of hydrogen-bond donors (Lipinski definition) is 1. The lowest BCUT2D eigenvalue weighted by Crippen LogP contribution is -2.31. The van der Waals surface area contributed by atoms with Crippen LogP contribution in [0.1, 0.15) is 12.8 Å². The Kier molecular flexibility index (Phi) is 4.45. The molecule has 0 aromatic carbocycles. The third-order valence-electron chi connectivity index (χ3n) is 2.61. The quantitative estimate of drug-likeness (QED) is 0.862. The lowest BCUT2D eigenvalue weighted by atomic mass is 10.2. The average Bonchev–Trinajstić information content (AvgIpc) is 2.83. The van der Waals surface area contributed by atoms with Gasteiger partial charge in [-0.1, -0.05) is 23.2 Å². The van der Waals surface area contributed by atoms with Crippen molar-refractivity contribution < 1.29 is 13.2 Å². The van der Waals surface area contributed by atoms with Crippen molar-refractivity contribution in [3.63, 3.8) is 0 Å². The highest BCUT2D eigenvalue weighted by atomic mass is 35.5. The van der Waals surface area contributed by atoms with Crippen molar-refractivity contribution in [1.82, 2.24) is 9.71 Å². The Labute approximate surface area is 116 Å². The molecule has 0 saturated carbocycles. The van der Waals surface area contributed by atoms with Crippen LogP contribution in [0.2, 0.25) is 10.2 Å². The van der Waals surface area contributed by atoms with Crippen LogP contribution in [0.25, 0.3) is 0 Å². The summed E-state index contributed by atoms with van der Waals surface area (Å²) in [5.74, 6) is 0. The van der Waals surface area contributed by atoms with Gasteiger partial charge in [0.25, 0.3) is 0 Å². The number of hydrogen-bond acceptors (Lipinski definition) is 4. The fraction of sp³-hybridized carbons (Fsp3) is 0.500. The SMILES string of the molecule is O=S(=O)(NC[C@@H]1CCCO1)c1cnc(Cl)c(Cl)c1. The molecule has 18 heavy (non-hydrogen) atoms. The zero-order chi connectivity index (χ0) is 13.2. The molecule has 0 bridgehead atoms. The minimum absolute atomic E-state index is 0.00473. The molecule has 1 aromatic heterocycles. The van der Waals surface area contributed by atoms with Crippen molar-refractivity contribution in [3.8, 4) is 0 Å². The molecule has 0 amide bonds. The molecule has 100 valence electrons. The average molecular weight is 311 g/mol. The van der Waals surface area contributed by atoms with Gasteiger partial charge in [0.05, 0.1) is 11.1 Å². The van der Waals surface area contributed by atoms with E-state index in [2.05, 4.69) is 9.71 Å². The molecule has 5 nitrogen and oxygen atoms in total. The number of rotatable bonds is 4. The van der Waals surface area contributed by atoms with Crippen LogP contribution in [0.4, 0.5) is 0 Å². The molecule has 0 radical (unpaired) electrons. The molecule has 0 spiro atoms. The first kappa shape index (κ1) is 14.0. The fourth-order valence-electron chi connectivity index (χ4n) is 1.64. The van der Waals surface area contributed by atoms with E-state index >= 15 is 0 Å². The predicted octanol–water partition coefficient (Wildman–Crippen LogP) is 1.85. The summed E-state index contributed by atoms with van der Waals surface area (Å²) in [6.45, 7) is 0.934. The molecular formula is C10H12Cl2N2O3S. The number of nitrogens with one attached hydrogen (secondary N) is 1. The van der Waals surface area contributed by atoms with Gasteiger partial charge in [-0.2, -0.15) is 0 Å². The Morgan fingerprint density at radius 1 is 1.50 bits per heavy atom. The van der Waals surface area contributed by atoms with Crippen molar-refractivity contribution in [2.75, 3.05) is 13.2 Å². The van der Waals surface area contributed by atoms with Gasteiger partial charge in [0.15, 0.2) is 0 Å². The second-order valence-electron chi connectivity index (χ2n) is 3.93. The lowest BCUT2D eigenvalue weighted by molar-refractivity contribution is 0.114. The first-order valence-electron chi connectivity index (χ1n) is 5.41. The van der Waals surface area contributed by atoms with Gasteiger partial charge in [-0.15, -0.1) is 0 Å². The van der Waals surface area contributed by atoms with E-state index in [0.29, 0.717) is 6.61 Å². The zero-order valence-electron chi connectivity index (χ0n) is 9.40. The van der Waals surface area contributed by atoms with Crippen molar-refractivity contribution >= 4 is 33.2 Å². The van der Waals surface area contributed by atoms with Crippen LogP contribution < -0.4 is 4.72 Å². The second kappa shape index (κ2) is 5.71. The van der Waals surface area contributed by atoms with Crippen LogP contribution in [0.3, 0.4) is 0 Å². The van der Waals surface area contributed by atoms with Crippen molar-refractivity contribution in [2.45, 2.75) is 23.8 Å². The lowest BCUT2D eigenvalue weighted by Gasteiger charge is -2.11. The van der Waals surface area contributed by atoms with E-state index in [4.69, 9.17) is 27.9 Å². The molecule has 0 aliphatic carbocycles. The molecule has 1 atom stereocenters. The normalized spacial score (nSPS) is 20.2. The maximum Gasteiger partial charge on any atom is 0.242 e. The van der Waals surface area contributed by atoms with E-state index < -0.39 is 10.0 Å². The third kappa shape index (κ3) is 3.33. The van der Waals surface area contributed by atoms with Crippen LogP contribution in [-0.2, 0) is 14.8 Å². The van der Waals surface area contributed by atoms with Crippen LogP contribution in [-0.4, -0.2) is 32.7 Å². The topological polar surface area (TPSA) is 68.3 Å². The van der Waals surface area contributed by atoms with E-state index in [1.807, 2.05) is 0 Å².